The third-order valence-electron chi connectivity index (χ3n) is 4.92. The van der Waals surface area contributed by atoms with Gasteiger partial charge in [0, 0.05) is 38.7 Å². The first-order valence-electron chi connectivity index (χ1n) is 8.12. The normalized spacial score (nSPS) is 18.1. The maximum absolute atomic E-state index is 5.03. The molecule has 0 aromatic carbocycles. The first-order chi connectivity index (χ1) is 10.2. The van der Waals surface area contributed by atoms with E-state index in [0.717, 1.165) is 38.5 Å². The van der Waals surface area contributed by atoms with Crippen molar-refractivity contribution in [3.8, 4) is 0 Å². The molecule has 21 heavy (non-hydrogen) atoms. The lowest BCUT2D eigenvalue weighted by atomic mass is 9.74. The van der Waals surface area contributed by atoms with Crippen molar-refractivity contribution in [2.45, 2.75) is 46.1 Å². The third-order valence-corrected chi connectivity index (χ3v) is 5.87. The van der Waals surface area contributed by atoms with E-state index in [0.29, 0.717) is 5.41 Å². The zero-order valence-corrected chi connectivity index (χ0v) is 14.5. The van der Waals surface area contributed by atoms with Crippen LogP contribution in [-0.4, -0.2) is 38.3 Å². The van der Waals surface area contributed by atoms with Crippen molar-refractivity contribution in [3.05, 3.63) is 11.1 Å². The molecule has 1 saturated heterocycles. The molecule has 2 rings (SSSR count). The molecule has 5 heteroatoms. The molecule has 0 amide bonds. The molecular weight excluding hydrogens is 282 g/mol. The lowest BCUT2D eigenvalue weighted by Gasteiger charge is -2.40. The molecule has 2 heterocycles. The van der Waals surface area contributed by atoms with Crippen LogP contribution in [0.2, 0.25) is 0 Å². The molecule has 1 fully saturated rings. The van der Waals surface area contributed by atoms with Crippen LogP contribution in [0.5, 0.6) is 0 Å². The zero-order chi connectivity index (χ0) is 15.1. The summed E-state index contributed by atoms with van der Waals surface area (Å²) < 4.78 is 5.03. The summed E-state index contributed by atoms with van der Waals surface area (Å²) in [4.78, 5) is 7.24. The Morgan fingerprint density at radius 3 is 2.67 bits per heavy atom. The van der Waals surface area contributed by atoms with E-state index in [2.05, 4.69) is 29.4 Å². The van der Waals surface area contributed by atoms with Crippen LogP contribution < -0.4 is 10.2 Å². The lowest BCUT2D eigenvalue weighted by Crippen LogP contribution is -2.39. The highest BCUT2D eigenvalue weighted by Gasteiger charge is 2.31. The molecule has 1 aliphatic rings. The fraction of sp³-hybridized carbons (Fsp3) is 0.812. The van der Waals surface area contributed by atoms with Crippen molar-refractivity contribution >= 4 is 16.5 Å². The number of rotatable bonds is 8. The molecule has 0 aliphatic carbocycles. The van der Waals surface area contributed by atoms with Crippen LogP contribution in [0.3, 0.4) is 0 Å². The molecule has 120 valence electrons. The number of methoxy groups -OCH3 is 1. The van der Waals surface area contributed by atoms with Gasteiger partial charge in [0.15, 0.2) is 5.13 Å². The van der Waals surface area contributed by atoms with Gasteiger partial charge in [-0.25, -0.2) is 4.98 Å². The highest BCUT2D eigenvalue weighted by Crippen LogP contribution is 2.39. The number of nitrogens with zero attached hydrogens (tertiary/aromatic N) is 2. The second kappa shape index (κ2) is 8.11. The van der Waals surface area contributed by atoms with E-state index in [4.69, 9.17) is 9.72 Å². The van der Waals surface area contributed by atoms with Crippen LogP contribution in [0.15, 0.2) is 5.38 Å². The van der Waals surface area contributed by atoms with E-state index in [9.17, 15) is 0 Å². The summed E-state index contributed by atoms with van der Waals surface area (Å²) in [6.07, 6.45) is 5.23. The maximum Gasteiger partial charge on any atom is 0.185 e. The summed E-state index contributed by atoms with van der Waals surface area (Å²) in [7, 11) is 1.73. The van der Waals surface area contributed by atoms with Crippen molar-refractivity contribution < 1.29 is 4.74 Å². The predicted octanol–water partition coefficient (Wildman–Crippen LogP) is 3.29. The monoisotopic (exact) mass is 311 g/mol. The van der Waals surface area contributed by atoms with Crippen molar-refractivity contribution in [1.82, 2.24) is 10.3 Å². The summed E-state index contributed by atoms with van der Waals surface area (Å²) in [5.41, 5.74) is 1.73. The minimum Gasteiger partial charge on any atom is -0.383 e. The zero-order valence-electron chi connectivity index (χ0n) is 13.7. The highest BCUT2D eigenvalue weighted by molar-refractivity contribution is 7.13. The van der Waals surface area contributed by atoms with Crippen molar-refractivity contribution in [2.24, 2.45) is 5.41 Å². The van der Waals surface area contributed by atoms with Gasteiger partial charge in [0.25, 0.3) is 0 Å². The van der Waals surface area contributed by atoms with Gasteiger partial charge in [-0.05, 0) is 18.3 Å². The van der Waals surface area contributed by atoms with Gasteiger partial charge in [-0.2, -0.15) is 0 Å². The molecule has 0 atom stereocenters. The number of nitrogens with one attached hydrogen (secondary N) is 1. The van der Waals surface area contributed by atoms with E-state index >= 15 is 0 Å². The number of thiazole rings is 1. The van der Waals surface area contributed by atoms with E-state index in [1.54, 1.807) is 18.4 Å². The standard InChI is InChI=1S/C16H29N3OS/c1-4-16(5-2)6-9-19(10-7-16)15-18-14(13-21-15)12-17-8-11-20-3/h13,17H,4-12H2,1-3H3. The van der Waals surface area contributed by atoms with Gasteiger partial charge in [0.2, 0.25) is 0 Å². The maximum atomic E-state index is 5.03. The Kier molecular flexibility index (Phi) is 6.45. The number of hydrogen-bond acceptors (Lipinski definition) is 5. The average molecular weight is 311 g/mol. The Bertz CT molecular complexity index is 407. The van der Waals surface area contributed by atoms with Gasteiger partial charge in [-0.1, -0.05) is 26.7 Å². The SMILES string of the molecule is CCC1(CC)CCN(c2nc(CNCCOC)cs2)CC1. The van der Waals surface area contributed by atoms with Gasteiger partial charge >= 0.3 is 0 Å². The Morgan fingerprint density at radius 2 is 2.05 bits per heavy atom. The van der Waals surface area contributed by atoms with Crippen LogP contribution in [-0.2, 0) is 11.3 Å². The summed E-state index contributed by atoms with van der Waals surface area (Å²) in [5, 5.41) is 6.72. The predicted molar refractivity (Wildman–Crippen MR) is 90.2 cm³/mol. The molecule has 0 radical (unpaired) electrons. The second-order valence-electron chi connectivity index (χ2n) is 5.99. The molecule has 0 unspecified atom stereocenters. The van der Waals surface area contributed by atoms with E-state index < -0.39 is 0 Å². The van der Waals surface area contributed by atoms with Gasteiger partial charge in [-0.15, -0.1) is 11.3 Å². The molecule has 1 N–H and O–H groups in total. The molecule has 1 aromatic rings. The molecule has 0 saturated carbocycles. The van der Waals surface area contributed by atoms with Crippen molar-refractivity contribution in [2.75, 3.05) is 38.3 Å². The molecule has 1 aromatic heterocycles. The number of hydrogen-bond donors (Lipinski definition) is 1. The Hall–Kier alpha value is -0.650. The van der Waals surface area contributed by atoms with Gasteiger partial charge in [0.1, 0.15) is 0 Å². The Labute approximate surface area is 132 Å². The van der Waals surface area contributed by atoms with Crippen molar-refractivity contribution in [1.29, 1.82) is 0 Å². The van der Waals surface area contributed by atoms with E-state index in [-0.39, 0.29) is 0 Å². The Balaban J connectivity index is 1.82. The Morgan fingerprint density at radius 1 is 1.33 bits per heavy atom. The van der Waals surface area contributed by atoms with Gasteiger partial charge < -0.3 is 15.0 Å². The van der Waals surface area contributed by atoms with Crippen LogP contribution >= 0.6 is 11.3 Å². The first kappa shape index (κ1) is 16.7. The highest BCUT2D eigenvalue weighted by atomic mass is 32.1. The fourth-order valence-corrected chi connectivity index (χ4v) is 3.92. The van der Waals surface area contributed by atoms with Crippen molar-refractivity contribution in [3.63, 3.8) is 0 Å². The summed E-state index contributed by atoms with van der Waals surface area (Å²) in [6.45, 7) is 9.46. The molecule has 4 nitrogen and oxygen atoms in total. The van der Waals surface area contributed by atoms with Crippen LogP contribution in [0.1, 0.15) is 45.2 Å². The average Bonchev–Trinajstić information content (AvgIpc) is 3.00. The number of anilines is 1. The minimum absolute atomic E-state index is 0.582. The largest absolute Gasteiger partial charge is 0.383 e. The molecule has 0 spiro atoms. The van der Waals surface area contributed by atoms with E-state index in [1.807, 2.05) is 0 Å². The molecule has 0 bridgehead atoms. The second-order valence-corrected chi connectivity index (χ2v) is 6.82. The topological polar surface area (TPSA) is 37.4 Å². The number of aromatic nitrogens is 1. The summed E-state index contributed by atoms with van der Waals surface area (Å²) in [5.74, 6) is 0. The van der Waals surface area contributed by atoms with Crippen LogP contribution in [0.4, 0.5) is 5.13 Å². The summed E-state index contributed by atoms with van der Waals surface area (Å²) >= 11 is 1.78. The smallest absolute Gasteiger partial charge is 0.185 e. The number of ether oxygens (including phenoxy) is 1. The minimum atomic E-state index is 0.582. The van der Waals surface area contributed by atoms with Crippen LogP contribution in [0, 0.1) is 5.41 Å². The van der Waals surface area contributed by atoms with E-state index in [1.165, 1.54) is 30.8 Å². The fourth-order valence-electron chi connectivity index (χ4n) is 3.04. The van der Waals surface area contributed by atoms with Crippen LogP contribution in [0.25, 0.3) is 0 Å². The number of piperidine rings is 1. The lowest BCUT2D eigenvalue weighted by molar-refractivity contribution is 0.199. The van der Waals surface area contributed by atoms with Gasteiger partial charge in [0.05, 0.1) is 12.3 Å². The van der Waals surface area contributed by atoms with Gasteiger partial charge in [-0.3, -0.25) is 0 Å². The first-order valence-corrected chi connectivity index (χ1v) is 9.00. The molecular formula is C16H29N3OS. The molecule has 1 aliphatic heterocycles. The third kappa shape index (κ3) is 4.41. The quantitative estimate of drug-likeness (QED) is 0.748. The summed E-state index contributed by atoms with van der Waals surface area (Å²) in [6, 6.07) is 0.